The van der Waals surface area contributed by atoms with Crippen LogP contribution in [-0.4, -0.2) is 59.3 Å². The first kappa shape index (κ1) is 18.2. The van der Waals surface area contributed by atoms with Gasteiger partial charge in [-0.3, -0.25) is 23.2 Å². The third-order valence-corrected chi connectivity index (χ3v) is 3.06. The molecule has 90 valence electrons. The Bertz CT molecular complexity index is 270. The van der Waals surface area contributed by atoms with Crippen LogP contribution in [0.1, 0.15) is 12.8 Å². The van der Waals surface area contributed by atoms with Crippen LogP contribution in [0.5, 0.6) is 0 Å². The van der Waals surface area contributed by atoms with Crippen LogP contribution in [-0.2, 0) is 23.2 Å². The number of carbonyl (C=O) groups is 2. The van der Waals surface area contributed by atoms with E-state index < -0.39 is 45.5 Å². The molecule has 8 nitrogen and oxygen atoms in total. The van der Waals surface area contributed by atoms with Gasteiger partial charge in [0.25, 0.3) is 0 Å². The van der Waals surface area contributed by atoms with Crippen LogP contribution in [0.3, 0.4) is 0 Å². The average Bonchev–Trinajstić information content (AvgIpc) is 2.14. The fraction of sp³-hybridized carbons (Fsp3) is 0.667. The summed E-state index contributed by atoms with van der Waals surface area (Å²) in [7, 11) is -4.27. The molecule has 16 heavy (non-hydrogen) atoms. The van der Waals surface area contributed by atoms with Crippen LogP contribution in [0.15, 0.2) is 0 Å². The summed E-state index contributed by atoms with van der Waals surface area (Å²) in [6.45, 7) is -2.06. The number of hydrogen-bond acceptors (Lipinski definition) is 7. The molecular formula is C6H12LiO8P. The third kappa shape index (κ3) is 6.40. The zero-order valence-corrected chi connectivity index (χ0v) is 8.55. The fourth-order valence-corrected chi connectivity index (χ4v) is 1.74. The van der Waals surface area contributed by atoms with Crippen molar-refractivity contribution < 1.29 is 38.5 Å². The molecule has 3 N–H and O–H groups in total. The predicted molar refractivity (Wildman–Crippen MR) is 53.0 cm³/mol. The zero-order valence-electron chi connectivity index (χ0n) is 7.66. The van der Waals surface area contributed by atoms with Crippen molar-refractivity contribution in [2.24, 2.45) is 0 Å². The molecule has 0 aromatic heterocycles. The van der Waals surface area contributed by atoms with E-state index in [1.54, 1.807) is 0 Å². The van der Waals surface area contributed by atoms with E-state index >= 15 is 0 Å². The summed E-state index contributed by atoms with van der Waals surface area (Å²) in [5.41, 5.74) is -1.10. The van der Waals surface area contributed by atoms with Crippen LogP contribution < -0.4 is 0 Å². The number of aliphatic carboxylic acids is 1. The molecule has 0 fully saturated rings. The molecule has 0 radical (unpaired) electrons. The Labute approximate surface area is 103 Å². The van der Waals surface area contributed by atoms with Crippen LogP contribution in [0.2, 0.25) is 0 Å². The topological polar surface area (TPSA) is 130 Å². The number of aliphatic hydroxyl groups is 2. The van der Waals surface area contributed by atoms with Crippen LogP contribution in [0.4, 0.5) is 0 Å². The molecule has 0 unspecified atom stereocenters. The van der Waals surface area contributed by atoms with Gasteiger partial charge in [0.2, 0.25) is 5.52 Å². The number of carbonyl (C=O) groups excluding carboxylic acids is 1. The van der Waals surface area contributed by atoms with Crippen molar-refractivity contribution in [3.8, 4) is 0 Å². The van der Waals surface area contributed by atoms with E-state index in [1.165, 1.54) is 0 Å². The van der Waals surface area contributed by atoms with Gasteiger partial charge in [-0.1, -0.05) is 0 Å². The van der Waals surface area contributed by atoms with E-state index in [0.29, 0.717) is 0 Å². The van der Waals surface area contributed by atoms with Gasteiger partial charge >= 0.3 is 32.4 Å². The third-order valence-electron chi connectivity index (χ3n) is 1.31. The number of carboxylic acids is 1. The molecular weight excluding hydrogens is 238 g/mol. The first-order chi connectivity index (χ1) is 6.96. The number of carboxylic acid groups (broad SMARTS) is 1. The van der Waals surface area contributed by atoms with Gasteiger partial charge < -0.3 is 15.3 Å². The molecule has 0 amide bonds. The van der Waals surface area contributed by atoms with Gasteiger partial charge in [-0.05, 0) is 0 Å². The number of rotatable bonds is 8. The molecule has 0 saturated heterocycles. The standard InChI is InChI=1S/C6H11O8P.Li.H/c7-3-13-15(12,14-4-8)6(11)2-1-5(9)10;;/h7-8H,1-4H2,(H,9,10);;. The van der Waals surface area contributed by atoms with E-state index in [1.807, 2.05) is 0 Å². The van der Waals surface area contributed by atoms with Crippen LogP contribution in [0, 0.1) is 0 Å². The van der Waals surface area contributed by atoms with Crippen molar-refractivity contribution in [3.05, 3.63) is 0 Å². The van der Waals surface area contributed by atoms with Crippen molar-refractivity contribution in [1.82, 2.24) is 0 Å². The SMILES string of the molecule is O=C(O)CCC(=O)P(=O)(OCO)OCO.[LiH]. The zero-order chi connectivity index (χ0) is 11.9. The molecule has 0 aliphatic heterocycles. The minimum absolute atomic E-state index is 0. The molecule has 0 rings (SSSR count). The van der Waals surface area contributed by atoms with Crippen molar-refractivity contribution >= 4 is 38.0 Å². The molecule has 10 heteroatoms. The van der Waals surface area contributed by atoms with Crippen LogP contribution in [0.25, 0.3) is 0 Å². The first-order valence-corrected chi connectivity index (χ1v) is 5.36. The Kier molecular flexibility index (Phi) is 10.1. The van der Waals surface area contributed by atoms with Crippen LogP contribution >= 0.6 is 7.60 Å². The Balaban J connectivity index is 0. The normalized spacial score (nSPS) is 10.6. The molecule has 0 aromatic rings. The second-order valence-corrected chi connectivity index (χ2v) is 4.31. The van der Waals surface area contributed by atoms with E-state index in [2.05, 4.69) is 9.05 Å². The number of aliphatic hydroxyl groups excluding tert-OH is 2. The molecule has 0 aromatic carbocycles. The molecule has 0 saturated carbocycles. The monoisotopic (exact) mass is 250 g/mol. The first-order valence-electron chi connectivity index (χ1n) is 3.82. The Morgan fingerprint density at radius 2 is 1.50 bits per heavy atom. The van der Waals surface area contributed by atoms with E-state index in [-0.39, 0.29) is 18.9 Å². The van der Waals surface area contributed by atoms with E-state index in [0.717, 1.165) is 0 Å². The molecule has 0 aliphatic carbocycles. The Morgan fingerprint density at radius 1 is 1.06 bits per heavy atom. The van der Waals surface area contributed by atoms with E-state index in [4.69, 9.17) is 15.3 Å². The Hall–Kier alpha value is -0.193. The van der Waals surface area contributed by atoms with Crippen molar-refractivity contribution in [2.45, 2.75) is 12.8 Å². The summed E-state index contributed by atoms with van der Waals surface area (Å²) in [4.78, 5) is 21.3. The quantitative estimate of drug-likeness (QED) is 0.280. The maximum atomic E-state index is 11.4. The van der Waals surface area contributed by atoms with Gasteiger partial charge in [0.15, 0.2) is 13.6 Å². The predicted octanol–water partition coefficient (Wildman–Crippen LogP) is -1.14. The summed E-state index contributed by atoms with van der Waals surface area (Å²) >= 11 is 0. The summed E-state index contributed by atoms with van der Waals surface area (Å²) in [5.74, 6) is -1.25. The van der Waals surface area contributed by atoms with Gasteiger partial charge in [0.1, 0.15) is 0 Å². The van der Waals surface area contributed by atoms with Crippen molar-refractivity contribution in [2.75, 3.05) is 13.6 Å². The van der Waals surface area contributed by atoms with Crippen molar-refractivity contribution in [1.29, 1.82) is 0 Å². The molecule has 0 heterocycles. The Morgan fingerprint density at radius 3 is 1.81 bits per heavy atom. The fourth-order valence-electron chi connectivity index (χ4n) is 0.684. The molecule has 0 bridgehead atoms. The van der Waals surface area contributed by atoms with Gasteiger partial charge in [0, 0.05) is 6.42 Å². The molecule has 0 spiro atoms. The molecule has 0 atom stereocenters. The molecule has 0 aliphatic rings. The second kappa shape index (κ2) is 8.90. The van der Waals surface area contributed by atoms with E-state index in [9.17, 15) is 14.2 Å². The van der Waals surface area contributed by atoms with Gasteiger partial charge in [-0.2, -0.15) is 0 Å². The summed E-state index contributed by atoms with van der Waals surface area (Å²) < 4.78 is 19.7. The van der Waals surface area contributed by atoms with Crippen molar-refractivity contribution in [3.63, 3.8) is 0 Å². The maximum absolute atomic E-state index is 11.4. The minimum atomic E-state index is -4.27. The summed E-state index contributed by atoms with van der Waals surface area (Å²) in [5, 5.41) is 24.9. The van der Waals surface area contributed by atoms with Gasteiger partial charge in [0.05, 0.1) is 6.42 Å². The van der Waals surface area contributed by atoms with Gasteiger partial charge in [-0.25, -0.2) is 0 Å². The average molecular weight is 250 g/mol. The summed E-state index contributed by atoms with van der Waals surface area (Å²) in [6.07, 6.45) is -1.10. The number of hydrogen-bond donors (Lipinski definition) is 3. The second-order valence-electron chi connectivity index (χ2n) is 2.30. The van der Waals surface area contributed by atoms with Gasteiger partial charge in [-0.15, -0.1) is 0 Å². The summed E-state index contributed by atoms with van der Waals surface area (Å²) in [6, 6.07) is 0.